The van der Waals surface area contributed by atoms with Gasteiger partial charge in [0.1, 0.15) is 10.0 Å². The average Bonchev–Trinajstić information content (AvgIpc) is 2.74. The highest BCUT2D eigenvalue weighted by Crippen LogP contribution is 2.25. The topological polar surface area (TPSA) is 66.9 Å². The van der Waals surface area contributed by atoms with Gasteiger partial charge in [0, 0.05) is 17.9 Å². The number of aromatic nitrogens is 2. The monoisotopic (exact) mass is 306 g/mol. The molecule has 1 unspecified atom stereocenters. The van der Waals surface area contributed by atoms with E-state index in [2.05, 4.69) is 41.6 Å². The number of carbonyl (C=O) groups is 1. The van der Waals surface area contributed by atoms with Gasteiger partial charge in [0.15, 0.2) is 0 Å². The number of halogens is 1. The molecule has 1 aromatic rings. The summed E-state index contributed by atoms with van der Waals surface area (Å²) in [5.41, 5.74) is 0.0132. The van der Waals surface area contributed by atoms with E-state index in [0.717, 1.165) is 10.0 Å². The normalized spacial score (nSPS) is 12.7. The molecule has 0 radical (unpaired) electrons. The molecule has 7 heteroatoms. The summed E-state index contributed by atoms with van der Waals surface area (Å²) >= 11 is 1.55. The summed E-state index contributed by atoms with van der Waals surface area (Å²) < 4.78 is 0. The molecule has 0 aliphatic heterocycles. The lowest BCUT2D eigenvalue weighted by molar-refractivity contribution is -0.124. The molecule has 1 rings (SSSR count). The molecule has 1 amide bonds. The second-order valence-corrected chi connectivity index (χ2v) is 6.49. The van der Waals surface area contributed by atoms with Crippen LogP contribution in [0.3, 0.4) is 0 Å². The predicted octanol–water partition coefficient (Wildman–Crippen LogP) is 1.73. The zero-order valence-electron chi connectivity index (χ0n) is 12.1. The molecule has 0 aliphatic carbocycles. The van der Waals surface area contributed by atoms with Crippen LogP contribution >= 0.6 is 23.7 Å². The standard InChI is InChI=1S/C12H22N4OS.ClH/c1-8(6-13-5)10(17)14-7-9-15-16-11(18-9)12(2,3)4;/h8,13H,6-7H2,1-5H3,(H,14,17);1H. The van der Waals surface area contributed by atoms with E-state index in [-0.39, 0.29) is 29.6 Å². The van der Waals surface area contributed by atoms with Crippen molar-refractivity contribution < 1.29 is 4.79 Å². The Balaban J connectivity index is 0.00000324. The minimum absolute atomic E-state index is 0. The number of rotatable bonds is 5. The minimum atomic E-state index is -0.0370. The molecule has 110 valence electrons. The van der Waals surface area contributed by atoms with Crippen LogP contribution < -0.4 is 10.6 Å². The number of nitrogens with zero attached hydrogens (tertiary/aromatic N) is 2. The molecule has 19 heavy (non-hydrogen) atoms. The summed E-state index contributed by atoms with van der Waals surface area (Å²) in [6, 6.07) is 0. The number of carbonyl (C=O) groups excluding carboxylic acids is 1. The van der Waals surface area contributed by atoms with Gasteiger partial charge >= 0.3 is 0 Å². The second kappa shape index (κ2) is 7.77. The third-order valence-electron chi connectivity index (χ3n) is 2.48. The number of nitrogens with one attached hydrogen (secondary N) is 2. The average molecular weight is 307 g/mol. The van der Waals surface area contributed by atoms with E-state index >= 15 is 0 Å². The van der Waals surface area contributed by atoms with Crippen molar-refractivity contribution in [2.24, 2.45) is 5.92 Å². The Morgan fingerprint density at radius 3 is 2.47 bits per heavy atom. The summed E-state index contributed by atoms with van der Waals surface area (Å²) in [6.45, 7) is 9.34. The lowest BCUT2D eigenvalue weighted by Gasteiger charge is -2.12. The Kier molecular flexibility index (Phi) is 7.47. The van der Waals surface area contributed by atoms with Crippen LogP contribution in [0.4, 0.5) is 0 Å². The molecular formula is C12H23ClN4OS. The number of hydrogen-bond acceptors (Lipinski definition) is 5. The maximum atomic E-state index is 11.7. The molecule has 1 atom stereocenters. The van der Waals surface area contributed by atoms with Gasteiger partial charge in [0.25, 0.3) is 0 Å². The van der Waals surface area contributed by atoms with Crippen molar-refractivity contribution in [1.82, 2.24) is 20.8 Å². The molecule has 0 aliphatic rings. The first-order valence-corrected chi connectivity index (χ1v) is 6.91. The lowest BCUT2D eigenvalue weighted by Crippen LogP contribution is -2.33. The van der Waals surface area contributed by atoms with Crippen molar-refractivity contribution in [2.45, 2.75) is 39.7 Å². The van der Waals surface area contributed by atoms with Crippen molar-refractivity contribution in [3.63, 3.8) is 0 Å². The highest BCUT2D eigenvalue weighted by Gasteiger charge is 2.19. The molecule has 2 N–H and O–H groups in total. The van der Waals surface area contributed by atoms with Gasteiger partial charge in [-0.15, -0.1) is 22.6 Å². The maximum Gasteiger partial charge on any atom is 0.224 e. The van der Waals surface area contributed by atoms with Gasteiger partial charge in [-0.1, -0.05) is 39.0 Å². The summed E-state index contributed by atoms with van der Waals surface area (Å²) in [6.07, 6.45) is 0. The summed E-state index contributed by atoms with van der Waals surface area (Å²) in [5, 5.41) is 16.0. The van der Waals surface area contributed by atoms with E-state index in [9.17, 15) is 4.79 Å². The Bertz CT molecular complexity index is 403. The van der Waals surface area contributed by atoms with Crippen molar-refractivity contribution in [3.05, 3.63) is 10.0 Å². The van der Waals surface area contributed by atoms with Crippen LogP contribution in [0.25, 0.3) is 0 Å². The highest BCUT2D eigenvalue weighted by molar-refractivity contribution is 7.11. The van der Waals surface area contributed by atoms with Gasteiger partial charge in [0.2, 0.25) is 5.91 Å². The van der Waals surface area contributed by atoms with E-state index in [1.165, 1.54) is 0 Å². The van der Waals surface area contributed by atoms with E-state index in [0.29, 0.717) is 13.1 Å². The SMILES string of the molecule is CNCC(C)C(=O)NCc1nnc(C(C)(C)C)s1.Cl. The molecule has 0 saturated heterocycles. The van der Waals surface area contributed by atoms with Crippen molar-refractivity contribution in [1.29, 1.82) is 0 Å². The van der Waals surface area contributed by atoms with Crippen LogP contribution in [-0.4, -0.2) is 29.7 Å². The zero-order valence-corrected chi connectivity index (χ0v) is 13.7. The summed E-state index contributed by atoms with van der Waals surface area (Å²) in [4.78, 5) is 11.7. The van der Waals surface area contributed by atoms with Crippen molar-refractivity contribution >= 4 is 29.7 Å². The lowest BCUT2D eigenvalue weighted by atomic mass is 9.98. The van der Waals surface area contributed by atoms with Gasteiger partial charge < -0.3 is 10.6 Å². The van der Waals surface area contributed by atoms with Crippen LogP contribution in [0.1, 0.15) is 37.7 Å². The van der Waals surface area contributed by atoms with E-state index < -0.39 is 0 Å². The van der Waals surface area contributed by atoms with Gasteiger partial charge in [-0.25, -0.2) is 0 Å². The van der Waals surface area contributed by atoms with Gasteiger partial charge in [-0.05, 0) is 7.05 Å². The largest absolute Gasteiger partial charge is 0.349 e. The van der Waals surface area contributed by atoms with Crippen LogP contribution in [0.15, 0.2) is 0 Å². The molecule has 0 saturated carbocycles. The summed E-state index contributed by atoms with van der Waals surface area (Å²) in [5.74, 6) is 0.00173. The first-order chi connectivity index (χ1) is 8.34. The molecule has 0 aromatic carbocycles. The van der Waals surface area contributed by atoms with Crippen LogP contribution in [0.2, 0.25) is 0 Å². The van der Waals surface area contributed by atoms with Crippen LogP contribution in [0, 0.1) is 5.92 Å². The fourth-order valence-electron chi connectivity index (χ4n) is 1.36. The van der Waals surface area contributed by atoms with Crippen LogP contribution in [-0.2, 0) is 16.8 Å². The smallest absolute Gasteiger partial charge is 0.224 e. The quantitative estimate of drug-likeness (QED) is 0.869. The van der Waals surface area contributed by atoms with Gasteiger partial charge in [0.05, 0.1) is 6.54 Å². The van der Waals surface area contributed by atoms with E-state index in [1.54, 1.807) is 11.3 Å². The highest BCUT2D eigenvalue weighted by atomic mass is 35.5. The van der Waals surface area contributed by atoms with Crippen molar-refractivity contribution in [2.75, 3.05) is 13.6 Å². The fourth-order valence-corrected chi connectivity index (χ4v) is 2.20. The molecule has 1 aromatic heterocycles. The minimum Gasteiger partial charge on any atom is -0.349 e. The second-order valence-electron chi connectivity index (χ2n) is 5.43. The Labute approximate surface area is 125 Å². The Morgan fingerprint density at radius 2 is 2.00 bits per heavy atom. The zero-order chi connectivity index (χ0) is 13.8. The third-order valence-corrected chi connectivity index (χ3v) is 3.83. The first-order valence-electron chi connectivity index (χ1n) is 6.09. The van der Waals surface area contributed by atoms with Crippen LogP contribution in [0.5, 0.6) is 0 Å². The summed E-state index contributed by atoms with van der Waals surface area (Å²) in [7, 11) is 1.84. The number of hydrogen-bond donors (Lipinski definition) is 2. The Morgan fingerprint density at radius 1 is 1.37 bits per heavy atom. The molecule has 0 bridgehead atoms. The van der Waals surface area contributed by atoms with Gasteiger partial charge in [-0.2, -0.15) is 0 Å². The fraction of sp³-hybridized carbons (Fsp3) is 0.750. The molecule has 0 spiro atoms. The van der Waals surface area contributed by atoms with E-state index in [4.69, 9.17) is 0 Å². The molecule has 1 heterocycles. The van der Waals surface area contributed by atoms with Gasteiger partial charge in [-0.3, -0.25) is 4.79 Å². The van der Waals surface area contributed by atoms with E-state index in [1.807, 2.05) is 14.0 Å². The molecule has 5 nitrogen and oxygen atoms in total. The molecular weight excluding hydrogens is 284 g/mol. The maximum absolute atomic E-state index is 11.7. The molecule has 0 fully saturated rings. The third kappa shape index (κ3) is 5.84. The first kappa shape index (κ1) is 18.3. The number of amides is 1. The Hall–Kier alpha value is -0.720. The van der Waals surface area contributed by atoms with Crippen molar-refractivity contribution in [3.8, 4) is 0 Å². The predicted molar refractivity (Wildman–Crippen MR) is 80.8 cm³/mol.